The number of nitrogens with zero attached hydrogens (tertiary/aromatic N) is 2. The molecule has 19 heavy (non-hydrogen) atoms. The van der Waals surface area contributed by atoms with E-state index in [1.807, 2.05) is 0 Å². The van der Waals surface area contributed by atoms with Gasteiger partial charge < -0.3 is 0 Å². The topological polar surface area (TPSA) is 25.8 Å². The summed E-state index contributed by atoms with van der Waals surface area (Å²) in [6.45, 7) is 6.59. The van der Waals surface area contributed by atoms with Gasteiger partial charge in [-0.25, -0.2) is 9.97 Å². The lowest BCUT2D eigenvalue weighted by Crippen LogP contribution is -2.11. The van der Waals surface area contributed by atoms with E-state index in [9.17, 15) is 0 Å². The summed E-state index contributed by atoms with van der Waals surface area (Å²) in [5.74, 6) is 0. The van der Waals surface area contributed by atoms with Crippen molar-refractivity contribution in [2.45, 2.75) is 32.6 Å². The highest BCUT2D eigenvalue weighted by atomic mass is 35.5. The molecule has 0 saturated heterocycles. The first kappa shape index (κ1) is 14.3. The lowest BCUT2D eigenvalue weighted by Gasteiger charge is -2.19. The number of hydrogen-bond donors (Lipinski definition) is 0. The van der Waals surface area contributed by atoms with Crippen LogP contribution in [0.1, 0.15) is 37.6 Å². The Morgan fingerprint density at radius 3 is 2.58 bits per heavy atom. The molecule has 0 amide bonds. The highest BCUT2D eigenvalue weighted by Gasteiger charge is 2.14. The number of halogens is 2. The van der Waals surface area contributed by atoms with E-state index in [1.165, 1.54) is 11.1 Å². The van der Waals surface area contributed by atoms with Crippen LogP contribution >= 0.6 is 23.2 Å². The van der Waals surface area contributed by atoms with E-state index in [-0.39, 0.29) is 10.7 Å². The van der Waals surface area contributed by atoms with E-state index in [0.29, 0.717) is 11.4 Å². The Kier molecular flexibility index (Phi) is 4.12. The van der Waals surface area contributed by atoms with Gasteiger partial charge in [-0.15, -0.1) is 0 Å². The number of benzene rings is 1. The summed E-state index contributed by atoms with van der Waals surface area (Å²) in [7, 11) is 0. The summed E-state index contributed by atoms with van der Waals surface area (Å²) in [5, 5.41) is 0.775. The molecule has 0 aliphatic carbocycles. The molecule has 4 heteroatoms. The van der Waals surface area contributed by atoms with Gasteiger partial charge in [-0.05, 0) is 28.1 Å². The Labute approximate surface area is 123 Å². The fraction of sp³-hybridized carbons (Fsp3) is 0.333. The molecule has 2 aromatic rings. The summed E-state index contributed by atoms with van der Waals surface area (Å²) in [6.07, 6.45) is 2.20. The van der Waals surface area contributed by atoms with Crippen molar-refractivity contribution in [2.75, 3.05) is 0 Å². The van der Waals surface area contributed by atoms with Crippen LogP contribution in [-0.2, 0) is 11.8 Å². The van der Waals surface area contributed by atoms with Crippen LogP contribution in [0.3, 0.4) is 0 Å². The van der Waals surface area contributed by atoms with Gasteiger partial charge in [-0.1, -0.05) is 56.6 Å². The Bertz CT molecular complexity index is 589. The number of hydrogen-bond acceptors (Lipinski definition) is 2. The van der Waals surface area contributed by atoms with Gasteiger partial charge in [0.15, 0.2) is 0 Å². The maximum atomic E-state index is 6.09. The highest BCUT2D eigenvalue weighted by Crippen LogP contribution is 2.24. The fourth-order valence-corrected chi connectivity index (χ4v) is 2.15. The van der Waals surface area contributed by atoms with Crippen molar-refractivity contribution in [3.63, 3.8) is 0 Å². The molecule has 0 saturated carbocycles. The van der Waals surface area contributed by atoms with Crippen LogP contribution in [0.15, 0.2) is 30.5 Å². The Morgan fingerprint density at radius 1 is 1.16 bits per heavy atom. The minimum atomic E-state index is 0.128. The molecule has 2 rings (SSSR count). The maximum absolute atomic E-state index is 6.09. The molecule has 100 valence electrons. The fourth-order valence-electron chi connectivity index (χ4n) is 1.84. The average molecular weight is 295 g/mol. The largest absolute Gasteiger partial charge is 0.225 e. The van der Waals surface area contributed by atoms with Crippen molar-refractivity contribution in [3.8, 4) is 0 Å². The molecule has 1 heterocycles. The number of aromatic nitrogens is 2. The van der Waals surface area contributed by atoms with Crippen molar-refractivity contribution in [2.24, 2.45) is 0 Å². The molecule has 0 N–H and O–H groups in total. The SMILES string of the molecule is CC(C)(C)c1cccc(Cc2nc(Cl)ncc2Cl)c1. The second-order valence-electron chi connectivity index (χ2n) is 5.56. The van der Waals surface area contributed by atoms with E-state index in [1.54, 1.807) is 6.20 Å². The van der Waals surface area contributed by atoms with Crippen LogP contribution in [0.5, 0.6) is 0 Å². The van der Waals surface area contributed by atoms with Crippen LogP contribution in [0.25, 0.3) is 0 Å². The first-order valence-corrected chi connectivity index (χ1v) is 6.88. The Morgan fingerprint density at radius 2 is 1.89 bits per heavy atom. The summed E-state index contributed by atoms with van der Waals surface area (Å²) < 4.78 is 0. The predicted molar refractivity (Wildman–Crippen MR) is 80.0 cm³/mol. The van der Waals surface area contributed by atoms with Gasteiger partial charge >= 0.3 is 0 Å². The smallest absolute Gasteiger partial charge is 0.222 e. The molecule has 0 radical (unpaired) electrons. The van der Waals surface area contributed by atoms with Gasteiger partial charge in [-0.2, -0.15) is 0 Å². The minimum Gasteiger partial charge on any atom is -0.225 e. The van der Waals surface area contributed by atoms with Gasteiger partial charge in [0.25, 0.3) is 0 Å². The normalized spacial score (nSPS) is 11.6. The molecule has 0 aliphatic rings. The van der Waals surface area contributed by atoms with Crippen molar-refractivity contribution < 1.29 is 0 Å². The van der Waals surface area contributed by atoms with Crippen molar-refractivity contribution >= 4 is 23.2 Å². The van der Waals surface area contributed by atoms with E-state index in [0.717, 1.165) is 5.69 Å². The minimum absolute atomic E-state index is 0.128. The molecule has 0 spiro atoms. The third-order valence-corrected chi connectivity index (χ3v) is 3.45. The summed E-state index contributed by atoms with van der Waals surface area (Å²) >= 11 is 11.9. The van der Waals surface area contributed by atoms with Gasteiger partial charge in [0.2, 0.25) is 5.28 Å². The lowest BCUT2D eigenvalue weighted by molar-refractivity contribution is 0.589. The van der Waals surface area contributed by atoms with Gasteiger partial charge in [0.1, 0.15) is 0 Å². The molecule has 0 atom stereocenters. The first-order chi connectivity index (χ1) is 8.86. The zero-order valence-corrected chi connectivity index (χ0v) is 12.8. The van der Waals surface area contributed by atoms with Crippen LogP contribution in [-0.4, -0.2) is 9.97 Å². The number of rotatable bonds is 2. The van der Waals surface area contributed by atoms with E-state index in [2.05, 4.69) is 55.0 Å². The summed E-state index contributed by atoms with van der Waals surface area (Å²) in [5.41, 5.74) is 3.35. The Hall–Kier alpha value is -1.12. The van der Waals surface area contributed by atoms with Crippen LogP contribution in [0.2, 0.25) is 10.3 Å². The monoisotopic (exact) mass is 294 g/mol. The zero-order valence-electron chi connectivity index (χ0n) is 11.2. The standard InChI is InChI=1S/C15H16Cl2N2/c1-15(2,3)11-6-4-5-10(7-11)8-13-12(16)9-18-14(17)19-13/h4-7,9H,8H2,1-3H3. The van der Waals surface area contributed by atoms with Gasteiger partial charge in [0.05, 0.1) is 16.9 Å². The molecule has 0 aliphatic heterocycles. The lowest BCUT2D eigenvalue weighted by atomic mass is 9.86. The van der Waals surface area contributed by atoms with Gasteiger partial charge in [0, 0.05) is 6.42 Å². The molecular weight excluding hydrogens is 279 g/mol. The third kappa shape index (κ3) is 3.68. The molecule has 1 aromatic carbocycles. The maximum Gasteiger partial charge on any atom is 0.222 e. The van der Waals surface area contributed by atoms with Crippen molar-refractivity contribution in [1.29, 1.82) is 0 Å². The van der Waals surface area contributed by atoms with Crippen molar-refractivity contribution in [1.82, 2.24) is 9.97 Å². The van der Waals surface area contributed by atoms with E-state index < -0.39 is 0 Å². The molecule has 0 bridgehead atoms. The average Bonchev–Trinajstić information content (AvgIpc) is 2.33. The molecule has 0 unspecified atom stereocenters. The second kappa shape index (κ2) is 5.48. The Balaban J connectivity index is 2.31. The molecule has 1 aromatic heterocycles. The zero-order chi connectivity index (χ0) is 14.0. The molecule has 0 fully saturated rings. The van der Waals surface area contributed by atoms with E-state index in [4.69, 9.17) is 23.2 Å². The summed E-state index contributed by atoms with van der Waals surface area (Å²) in [4.78, 5) is 8.04. The van der Waals surface area contributed by atoms with Crippen molar-refractivity contribution in [3.05, 3.63) is 57.6 Å². The predicted octanol–water partition coefficient (Wildman–Crippen LogP) is 4.67. The second-order valence-corrected chi connectivity index (χ2v) is 6.31. The van der Waals surface area contributed by atoms with Crippen LogP contribution < -0.4 is 0 Å². The first-order valence-electron chi connectivity index (χ1n) is 6.12. The highest BCUT2D eigenvalue weighted by molar-refractivity contribution is 6.31. The molecule has 2 nitrogen and oxygen atoms in total. The third-order valence-electron chi connectivity index (χ3n) is 2.95. The van der Waals surface area contributed by atoms with E-state index >= 15 is 0 Å². The summed E-state index contributed by atoms with van der Waals surface area (Å²) in [6, 6.07) is 8.46. The van der Waals surface area contributed by atoms with Gasteiger partial charge in [-0.3, -0.25) is 0 Å². The van der Waals surface area contributed by atoms with Crippen LogP contribution in [0, 0.1) is 0 Å². The van der Waals surface area contributed by atoms with Crippen LogP contribution in [0.4, 0.5) is 0 Å². The molecular formula is C15H16Cl2N2. The quantitative estimate of drug-likeness (QED) is 0.752.